The van der Waals surface area contributed by atoms with E-state index in [4.69, 9.17) is 11.5 Å². The second kappa shape index (κ2) is 3.46. The van der Waals surface area contributed by atoms with Crippen LogP contribution in [-0.4, -0.2) is 0 Å². The van der Waals surface area contributed by atoms with Crippen molar-refractivity contribution in [3.63, 3.8) is 0 Å². The average Bonchev–Trinajstić information content (AvgIpc) is 2.28. The summed E-state index contributed by atoms with van der Waals surface area (Å²) in [6.07, 6.45) is 0. The Morgan fingerprint density at radius 3 is 1.76 bits per heavy atom. The van der Waals surface area contributed by atoms with Crippen LogP contribution in [0.25, 0.3) is 20.2 Å². The normalized spacial score (nSPS) is 11.1. The van der Waals surface area contributed by atoms with Crippen molar-refractivity contribution in [1.82, 2.24) is 0 Å². The molecule has 1 heterocycles. The number of anilines is 2. The second-order valence-corrected chi connectivity index (χ2v) is 5.03. The van der Waals surface area contributed by atoms with Gasteiger partial charge in [0.25, 0.3) is 0 Å². The molecule has 4 N–H and O–H groups in total. The van der Waals surface area contributed by atoms with Crippen LogP contribution in [0.2, 0.25) is 0 Å². The molecule has 17 heavy (non-hydrogen) atoms. The Balaban J connectivity index is 2.57. The van der Waals surface area contributed by atoms with E-state index in [1.807, 2.05) is 12.1 Å². The van der Waals surface area contributed by atoms with Crippen LogP contribution in [0.5, 0.6) is 0 Å². The Kier molecular flexibility index (Phi) is 2.06. The van der Waals surface area contributed by atoms with Crippen molar-refractivity contribution in [2.45, 2.75) is 0 Å². The van der Waals surface area contributed by atoms with Gasteiger partial charge in [-0.3, -0.25) is 4.79 Å². The van der Waals surface area contributed by atoms with Crippen molar-refractivity contribution >= 4 is 42.9 Å². The third-order valence-electron chi connectivity index (χ3n) is 2.72. The van der Waals surface area contributed by atoms with Crippen molar-refractivity contribution in [2.24, 2.45) is 0 Å². The summed E-state index contributed by atoms with van der Waals surface area (Å²) >= 11 is 1.53. The van der Waals surface area contributed by atoms with Crippen molar-refractivity contribution in [3.05, 3.63) is 46.6 Å². The van der Waals surface area contributed by atoms with Crippen LogP contribution in [0.15, 0.2) is 41.2 Å². The predicted octanol–water partition coefficient (Wildman–Crippen LogP) is 2.58. The molecule has 0 bridgehead atoms. The standard InChI is InChI=1S/C13H10N2OS/c14-7-1-3-9-11(5-7)17-12-6-8(15)2-4-10(12)13(9)16/h1-6H,14-15H2. The summed E-state index contributed by atoms with van der Waals surface area (Å²) in [5.74, 6) is 0. The minimum absolute atomic E-state index is 0.0359. The third-order valence-corrected chi connectivity index (χ3v) is 3.84. The summed E-state index contributed by atoms with van der Waals surface area (Å²) in [6, 6.07) is 10.7. The molecule has 3 rings (SSSR count). The van der Waals surface area contributed by atoms with Gasteiger partial charge in [0, 0.05) is 31.5 Å². The van der Waals surface area contributed by atoms with Crippen LogP contribution in [-0.2, 0) is 0 Å². The number of hydrogen-bond donors (Lipinski definition) is 2. The molecule has 0 aliphatic rings. The molecule has 0 unspecified atom stereocenters. The van der Waals surface area contributed by atoms with Gasteiger partial charge < -0.3 is 11.5 Å². The molecule has 0 aliphatic heterocycles. The topological polar surface area (TPSA) is 69.1 Å². The maximum absolute atomic E-state index is 12.2. The minimum atomic E-state index is 0.0359. The Bertz CT molecular complexity index is 729. The molecule has 0 saturated carbocycles. The number of hydrogen-bond acceptors (Lipinski definition) is 4. The fourth-order valence-corrected chi connectivity index (χ4v) is 3.05. The van der Waals surface area contributed by atoms with Gasteiger partial charge in [-0.05, 0) is 36.4 Å². The molecule has 0 spiro atoms. The fraction of sp³-hybridized carbons (Fsp3) is 0. The largest absolute Gasteiger partial charge is 0.399 e. The highest BCUT2D eigenvalue weighted by atomic mass is 32.1. The molecular formula is C13H10N2OS. The number of nitrogen functional groups attached to an aromatic ring is 2. The van der Waals surface area contributed by atoms with Gasteiger partial charge in [-0.1, -0.05) is 0 Å². The number of fused-ring (bicyclic) bond motifs is 2. The molecule has 0 radical (unpaired) electrons. The van der Waals surface area contributed by atoms with Gasteiger partial charge in [0.15, 0.2) is 5.43 Å². The molecule has 3 nitrogen and oxygen atoms in total. The minimum Gasteiger partial charge on any atom is -0.399 e. The molecule has 3 aromatic rings. The zero-order valence-corrected chi connectivity index (χ0v) is 9.75. The van der Waals surface area contributed by atoms with Crippen LogP contribution >= 0.6 is 11.3 Å². The number of nitrogens with two attached hydrogens (primary N) is 2. The number of benzene rings is 2. The summed E-state index contributed by atoms with van der Waals surface area (Å²) in [6.45, 7) is 0. The summed E-state index contributed by atoms with van der Waals surface area (Å²) in [7, 11) is 0. The van der Waals surface area contributed by atoms with E-state index in [-0.39, 0.29) is 5.43 Å². The summed E-state index contributed by atoms with van der Waals surface area (Å²) < 4.78 is 1.79. The quantitative estimate of drug-likeness (QED) is 0.470. The second-order valence-electron chi connectivity index (χ2n) is 3.94. The number of rotatable bonds is 0. The van der Waals surface area contributed by atoms with Crippen LogP contribution in [0, 0.1) is 0 Å². The van der Waals surface area contributed by atoms with E-state index in [9.17, 15) is 4.79 Å². The van der Waals surface area contributed by atoms with Gasteiger partial charge in [0.05, 0.1) is 0 Å². The maximum atomic E-state index is 12.2. The Morgan fingerprint density at radius 1 is 0.824 bits per heavy atom. The first-order chi connectivity index (χ1) is 8.15. The van der Waals surface area contributed by atoms with Crippen LogP contribution in [0.3, 0.4) is 0 Å². The molecule has 0 saturated heterocycles. The third kappa shape index (κ3) is 1.54. The zero-order valence-electron chi connectivity index (χ0n) is 8.94. The highest BCUT2D eigenvalue weighted by Crippen LogP contribution is 2.27. The molecule has 0 aliphatic carbocycles. The molecule has 1 aromatic heterocycles. The maximum Gasteiger partial charge on any atom is 0.195 e. The van der Waals surface area contributed by atoms with Gasteiger partial charge in [0.1, 0.15) is 0 Å². The first-order valence-corrected chi connectivity index (χ1v) is 5.98. The van der Waals surface area contributed by atoms with E-state index in [2.05, 4.69) is 0 Å². The lowest BCUT2D eigenvalue weighted by Crippen LogP contribution is -2.01. The summed E-state index contributed by atoms with van der Waals surface area (Å²) in [5, 5.41) is 1.42. The lowest BCUT2D eigenvalue weighted by molar-refractivity contribution is 1.72. The van der Waals surface area contributed by atoms with E-state index in [1.165, 1.54) is 11.3 Å². The van der Waals surface area contributed by atoms with Gasteiger partial charge in [-0.25, -0.2) is 0 Å². The van der Waals surface area contributed by atoms with Crippen LogP contribution in [0.1, 0.15) is 0 Å². The van der Waals surface area contributed by atoms with Gasteiger partial charge in [0.2, 0.25) is 0 Å². The zero-order chi connectivity index (χ0) is 12.0. The van der Waals surface area contributed by atoms with E-state index < -0.39 is 0 Å². The first-order valence-electron chi connectivity index (χ1n) is 5.17. The SMILES string of the molecule is Nc1ccc2c(=O)c3ccc(N)cc3sc2c1. The smallest absolute Gasteiger partial charge is 0.195 e. The van der Waals surface area contributed by atoms with Gasteiger partial charge in [-0.2, -0.15) is 0 Å². The predicted molar refractivity (Wildman–Crippen MR) is 74.4 cm³/mol. The van der Waals surface area contributed by atoms with Gasteiger partial charge >= 0.3 is 0 Å². The monoisotopic (exact) mass is 242 g/mol. The Morgan fingerprint density at radius 2 is 1.29 bits per heavy atom. The van der Waals surface area contributed by atoms with Crippen molar-refractivity contribution < 1.29 is 0 Å². The molecule has 4 heteroatoms. The average molecular weight is 242 g/mol. The van der Waals surface area contributed by atoms with E-state index >= 15 is 0 Å². The molecule has 84 valence electrons. The lowest BCUT2D eigenvalue weighted by Gasteiger charge is -2.02. The highest BCUT2D eigenvalue weighted by molar-refractivity contribution is 7.24. The fourth-order valence-electron chi connectivity index (χ4n) is 1.89. The van der Waals surface area contributed by atoms with Crippen molar-refractivity contribution in [1.29, 1.82) is 0 Å². The Labute approximate surface area is 101 Å². The molecule has 0 atom stereocenters. The van der Waals surface area contributed by atoms with Crippen molar-refractivity contribution in [3.8, 4) is 0 Å². The van der Waals surface area contributed by atoms with Crippen molar-refractivity contribution in [2.75, 3.05) is 11.5 Å². The molecular weight excluding hydrogens is 232 g/mol. The van der Waals surface area contributed by atoms with Gasteiger partial charge in [-0.15, -0.1) is 11.3 Å². The van der Waals surface area contributed by atoms with E-state index in [1.54, 1.807) is 24.3 Å². The highest BCUT2D eigenvalue weighted by Gasteiger charge is 2.06. The molecule has 0 fully saturated rings. The lowest BCUT2D eigenvalue weighted by atomic mass is 10.1. The first kappa shape index (κ1) is 10.1. The molecule has 0 amide bonds. The summed E-state index contributed by atoms with van der Waals surface area (Å²) in [5.41, 5.74) is 12.8. The van der Waals surface area contributed by atoms with Crippen LogP contribution < -0.4 is 16.9 Å². The Hall–Kier alpha value is -2.07. The van der Waals surface area contributed by atoms with E-state index in [0.717, 1.165) is 9.40 Å². The summed E-state index contributed by atoms with van der Waals surface area (Å²) in [4.78, 5) is 12.2. The van der Waals surface area contributed by atoms with Crippen LogP contribution in [0.4, 0.5) is 11.4 Å². The molecule has 2 aromatic carbocycles. The van der Waals surface area contributed by atoms with E-state index in [0.29, 0.717) is 22.1 Å².